The highest BCUT2D eigenvalue weighted by Gasteiger charge is 2.29. The molecule has 0 spiro atoms. The lowest BCUT2D eigenvalue weighted by Gasteiger charge is -2.13. The molecule has 86 valence electrons. The molecule has 0 saturated heterocycles. The Hall–Kier alpha value is -1.51. The zero-order valence-corrected chi connectivity index (χ0v) is 10.2. The highest BCUT2D eigenvalue weighted by molar-refractivity contribution is 6.30. The van der Waals surface area contributed by atoms with Crippen LogP contribution in [0.5, 0.6) is 0 Å². The van der Waals surface area contributed by atoms with E-state index in [0.717, 1.165) is 21.8 Å². The van der Waals surface area contributed by atoms with E-state index in [2.05, 4.69) is 12.1 Å². The second-order valence-electron chi connectivity index (χ2n) is 4.10. The van der Waals surface area contributed by atoms with Gasteiger partial charge in [-0.05, 0) is 23.8 Å². The fraction of sp³-hybridized carbons (Fsp3) is 0.143. The molecule has 0 N–H and O–H groups in total. The fourth-order valence-corrected chi connectivity index (χ4v) is 2.34. The molecule has 1 aliphatic heterocycles. The zero-order valence-electron chi connectivity index (χ0n) is 9.43. The zero-order chi connectivity index (χ0) is 11.8. The lowest BCUT2D eigenvalue weighted by Crippen LogP contribution is -2.12. The normalized spacial score (nSPS) is 18.2. The van der Waals surface area contributed by atoms with Gasteiger partial charge in [-0.1, -0.05) is 41.9 Å². The number of nitrogens with zero attached hydrogens (tertiary/aromatic N) is 1. The van der Waals surface area contributed by atoms with Crippen molar-refractivity contribution in [2.45, 2.75) is 6.10 Å². The first-order valence-electron chi connectivity index (χ1n) is 5.50. The van der Waals surface area contributed by atoms with E-state index in [1.165, 1.54) is 0 Å². The Labute approximate surface area is 105 Å². The summed E-state index contributed by atoms with van der Waals surface area (Å²) in [6.45, 7) is 0. The summed E-state index contributed by atoms with van der Waals surface area (Å²) < 4.78 is 0. The van der Waals surface area contributed by atoms with E-state index < -0.39 is 0 Å². The van der Waals surface area contributed by atoms with Crippen molar-refractivity contribution in [3.63, 3.8) is 0 Å². The Bertz CT molecular complexity index is 541. The second kappa shape index (κ2) is 4.06. The maximum Gasteiger partial charge on any atom is 0.138 e. The largest absolute Gasteiger partial charge is 0.261 e. The summed E-state index contributed by atoms with van der Waals surface area (Å²) in [6, 6.07) is 16.0. The van der Waals surface area contributed by atoms with Gasteiger partial charge in [0.15, 0.2) is 0 Å². The number of hydrogen-bond donors (Lipinski definition) is 0. The Morgan fingerprint density at radius 3 is 2.65 bits per heavy atom. The number of hydroxylamine groups is 1. The fourth-order valence-electron chi connectivity index (χ4n) is 2.16. The molecule has 2 aromatic rings. The Balaban J connectivity index is 2.09. The van der Waals surface area contributed by atoms with E-state index in [4.69, 9.17) is 16.4 Å². The maximum atomic E-state index is 6.05. The molecular weight excluding hydrogens is 234 g/mol. The van der Waals surface area contributed by atoms with Gasteiger partial charge in [0.2, 0.25) is 0 Å². The van der Waals surface area contributed by atoms with Crippen molar-refractivity contribution in [3.8, 4) is 0 Å². The van der Waals surface area contributed by atoms with Gasteiger partial charge in [-0.2, -0.15) is 0 Å². The molecule has 0 aromatic heterocycles. The monoisotopic (exact) mass is 245 g/mol. The van der Waals surface area contributed by atoms with Crippen LogP contribution in [0.3, 0.4) is 0 Å². The van der Waals surface area contributed by atoms with E-state index in [9.17, 15) is 0 Å². The van der Waals surface area contributed by atoms with Crippen molar-refractivity contribution in [2.24, 2.45) is 0 Å². The minimum Gasteiger partial charge on any atom is -0.261 e. The number of anilines is 1. The van der Waals surface area contributed by atoms with E-state index in [0.29, 0.717) is 0 Å². The lowest BCUT2D eigenvalue weighted by atomic mass is 10.0. The van der Waals surface area contributed by atoms with Crippen LogP contribution >= 0.6 is 11.6 Å². The first-order chi connectivity index (χ1) is 8.25. The molecule has 0 saturated carbocycles. The summed E-state index contributed by atoms with van der Waals surface area (Å²) in [5.41, 5.74) is 3.33. The van der Waals surface area contributed by atoms with E-state index in [-0.39, 0.29) is 6.10 Å². The smallest absolute Gasteiger partial charge is 0.138 e. The molecule has 0 amide bonds. The molecule has 1 unspecified atom stereocenters. The van der Waals surface area contributed by atoms with Gasteiger partial charge in [-0.3, -0.25) is 9.90 Å². The van der Waals surface area contributed by atoms with Gasteiger partial charge in [0.05, 0.1) is 5.69 Å². The first kappa shape index (κ1) is 10.6. The molecule has 3 heteroatoms. The lowest BCUT2D eigenvalue weighted by molar-refractivity contribution is 0.0916. The summed E-state index contributed by atoms with van der Waals surface area (Å²) in [5, 5.41) is 2.53. The summed E-state index contributed by atoms with van der Waals surface area (Å²) in [4.78, 5) is 5.85. The van der Waals surface area contributed by atoms with Crippen LogP contribution in [-0.4, -0.2) is 7.05 Å². The number of halogens is 1. The molecule has 0 fully saturated rings. The van der Waals surface area contributed by atoms with Crippen LogP contribution in [-0.2, 0) is 4.84 Å². The molecule has 1 heterocycles. The first-order valence-corrected chi connectivity index (χ1v) is 5.88. The summed E-state index contributed by atoms with van der Waals surface area (Å²) in [5.74, 6) is 0. The number of hydrogen-bond acceptors (Lipinski definition) is 2. The number of rotatable bonds is 1. The van der Waals surface area contributed by atoms with Crippen LogP contribution in [0.4, 0.5) is 5.69 Å². The Morgan fingerprint density at radius 1 is 1.12 bits per heavy atom. The number of benzene rings is 2. The van der Waals surface area contributed by atoms with Gasteiger partial charge in [0.25, 0.3) is 0 Å². The topological polar surface area (TPSA) is 12.5 Å². The molecule has 0 radical (unpaired) electrons. The molecule has 17 heavy (non-hydrogen) atoms. The van der Waals surface area contributed by atoms with Gasteiger partial charge >= 0.3 is 0 Å². The van der Waals surface area contributed by atoms with Crippen LogP contribution in [0.1, 0.15) is 17.2 Å². The van der Waals surface area contributed by atoms with Crippen LogP contribution in [0, 0.1) is 0 Å². The van der Waals surface area contributed by atoms with Gasteiger partial charge in [-0.25, -0.2) is 0 Å². The summed E-state index contributed by atoms with van der Waals surface area (Å²) in [6.07, 6.45) is -0.0603. The van der Waals surface area contributed by atoms with E-state index in [1.807, 2.05) is 43.4 Å². The highest BCUT2D eigenvalue weighted by Crippen LogP contribution is 2.41. The van der Waals surface area contributed by atoms with Crippen molar-refractivity contribution in [1.29, 1.82) is 0 Å². The third-order valence-electron chi connectivity index (χ3n) is 2.98. The number of fused-ring (bicyclic) bond motifs is 1. The molecule has 2 nitrogen and oxygen atoms in total. The molecule has 0 bridgehead atoms. The summed E-state index contributed by atoms with van der Waals surface area (Å²) in [7, 11) is 1.91. The quantitative estimate of drug-likeness (QED) is 0.758. The molecular formula is C14H12ClNO. The van der Waals surface area contributed by atoms with Crippen molar-refractivity contribution >= 4 is 17.3 Å². The minimum atomic E-state index is -0.0603. The van der Waals surface area contributed by atoms with Crippen molar-refractivity contribution in [2.75, 3.05) is 12.1 Å². The molecule has 1 aliphatic rings. The second-order valence-corrected chi connectivity index (χ2v) is 4.53. The Morgan fingerprint density at radius 2 is 1.88 bits per heavy atom. The van der Waals surface area contributed by atoms with Crippen LogP contribution in [0.25, 0.3) is 0 Å². The maximum absolute atomic E-state index is 6.05. The third-order valence-corrected chi connectivity index (χ3v) is 3.21. The van der Waals surface area contributed by atoms with Crippen molar-refractivity contribution < 1.29 is 4.84 Å². The SMILES string of the molecule is CN1OC(c2ccccc2)c2cc(Cl)ccc21. The van der Waals surface area contributed by atoms with Gasteiger partial charge in [-0.15, -0.1) is 0 Å². The van der Waals surface area contributed by atoms with E-state index in [1.54, 1.807) is 5.06 Å². The van der Waals surface area contributed by atoms with Crippen LogP contribution in [0.2, 0.25) is 5.02 Å². The third kappa shape index (κ3) is 1.79. The van der Waals surface area contributed by atoms with Crippen molar-refractivity contribution in [1.82, 2.24) is 0 Å². The van der Waals surface area contributed by atoms with Gasteiger partial charge in [0, 0.05) is 17.6 Å². The predicted octanol–water partition coefficient (Wildman–Crippen LogP) is 3.81. The molecule has 0 aliphatic carbocycles. The van der Waals surface area contributed by atoms with Gasteiger partial charge in [0.1, 0.15) is 6.10 Å². The summed E-state index contributed by atoms with van der Waals surface area (Å²) >= 11 is 6.05. The highest BCUT2D eigenvalue weighted by atomic mass is 35.5. The standard InChI is InChI=1S/C14H12ClNO/c1-16-13-8-7-11(15)9-12(13)14(17-16)10-5-3-2-4-6-10/h2-9,14H,1H3. The molecule has 1 atom stereocenters. The molecule has 2 aromatic carbocycles. The Kier molecular flexibility index (Phi) is 2.54. The van der Waals surface area contributed by atoms with Crippen molar-refractivity contribution in [3.05, 3.63) is 64.7 Å². The van der Waals surface area contributed by atoms with Crippen LogP contribution in [0.15, 0.2) is 48.5 Å². The van der Waals surface area contributed by atoms with Crippen LogP contribution < -0.4 is 5.06 Å². The van der Waals surface area contributed by atoms with E-state index >= 15 is 0 Å². The average Bonchev–Trinajstić information content (AvgIpc) is 2.67. The average molecular weight is 246 g/mol. The molecule has 3 rings (SSSR count). The van der Waals surface area contributed by atoms with Gasteiger partial charge < -0.3 is 0 Å². The minimum absolute atomic E-state index is 0.0603. The predicted molar refractivity (Wildman–Crippen MR) is 69.2 cm³/mol.